The maximum atomic E-state index is 11.9. The topological polar surface area (TPSA) is 109 Å². The molecule has 2 amide bonds. The van der Waals surface area contributed by atoms with Gasteiger partial charge in [-0.15, -0.1) is 0 Å². The second-order valence-electron chi connectivity index (χ2n) is 4.91. The molecule has 26 heavy (non-hydrogen) atoms. The van der Waals surface area contributed by atoms with Gasteiger partial charge in [0.05, 0.1) is 30.6 Å². The minimum Gasteiger partial charge on any atom is -0.503 e. The van der Waals surface area contributed by atoms with Crippen molar-refractivity contribution in [2.75, 3.05) is 19.5 Å². The third kappa shape index (κ3) is 4.73. The Morgan fingerprint density at radius 3 is 2.50 bits per heavy atom. The van der Waals surface area contributed by atoms with E-state index in [1.807, 2.05) is 0 Å². The Hall–Kier alpha value is -3.07. The fourth-order valence-electron chi connectivity index (χ4n) is 1.97. The number of rotatable bonds is 5. The van der Waals surface area contributed by atoms with Crippen LogP contribution in [0.5, 0.6) is 17.2 Å². The Morgan fingerprint density at radius 1 is 1.12 bits per heavy atom. The first-order chi connectivity index (χ1) is 12.5. The van der Waals surface area contributed by atoms with Gasteiger partial charge >= 0.3 is 11.8 Å². The van der Waals surface area contributed by atoms with Crippen molar-refractivity contribution in [2.45, 2.75) is 0 Å². The van der Waals surface area contributed by atoms with E-state index < -0.39 is 11.8 Å². The first-order valence-corrected chi connectivity index (χ1v) is 8.09. The van der Waals surface area contributed by atoms with Crippen molar-refractivity contribution in [3.8, 4) is 17.2 Å². The van der Waals surface area contributed by atoms with Gasteiger partial charge in [0.15, 0.2) is 11.5 Å². The monoisotopic (exact) mass is 421 g/mol. The predicted octanol–water partition coefficient (Wildman–Crippen LogP) is 2.26. The molecule has 0 aliphatic heterocycles. The van der Waals surface area contributed by atoms with Gasteiger partial charge in [-0.3, -0.25) is 9.59 Å². The largest absolute Gasteiger partial charge is 0.503 e. The van der Waals surface area contributed by atoms with Crippen LogP contribution < -0.4 is 20.2 Å². The van der Waals surface area contributed by atoms with E-state index in [2.05, 4.69) is 31.8 Å². The van der Waals surface area contributed by atoms with Crippen molar-refractivity contribution in [1.82, 2.24) is 5.43 Å². The molecule has 0 heterocycles. The number of hydrazone groups is 1. The van der Waals surface area contributed by atoms with Crippen LogP contribution in [0.4, 0.5) is 5.69 Å². The van der Waals surface area contributed by atoms with Crippen molar-refractivity contribution in [2.24, 2.45) is 5.10 Å². The first-order valence-electron chi connectivity index (χ1n) is 7.30. The Bertz CT molecular complexity index is 854. The molecule has 0 saturated carbocycles. The van der Waals surface area contributed by atoms with Crippen molar-refractivity contribution < 1.29 is 24.2 Å². The lowest BCUT2D eigenvalue weighted by molar-refractivity contribution is -0.136. The van der Waals surface area contributed by atoms with Crippen LogP contribution in [0.2, 0.25) is 0 Å². The summed E-state index contributed by atoms with van der Waals surface area (Å²) in [6.07, 6.45) is 1.31. The number of methoxy groups -OCH3 is 2. The normalized spacial score (nSPS) is 10.4. The number of hydrogen-bond donors (Lipinski definition) is 3. The second-order valence-corrected chi connectivity index (χ2v) is 5.76. The van der Waals surface area contributed by atoms with E-state index >= 15 is 0 Å². The highest BCUT2D eigenvalue weighted by molar-refractivity contribution is 9.10. The molecule has 0 unspecified atom stereocenters. The number of ether oxygens (including phenoxy) is 2. The average molecular weight is 422 g/mol. The SMILES string of the molecule is COc1ccccc1NC(=O)C(=O)N/N=C/c1cc(Br)c(O)c(OC)c1. The maximum Gasteiger partial charge on any atom is 0.329 e. The van der Waals surface area contributed by atoms with Crippen LogP contribution in [0.25, 0.3) is 0 Å². The van der Waals surface area contributed by atoms with Gasteiger partial charge in [-0.05, 0) is 45.8 Å². The molecule has 136 valence electrons. The summed E-state index contributed by atoms with van der Waals surface area (Å²) in [7, 11) is 2.87. The van der Waals surface area contributed by atoms with E-state index in [1.165, 1.54) is 26.5 Å². The Balaban J connectivity index is 2.00. The number of carbonyl (C=O) groups is 2. The summed E-state index contributed by atoms with van der Waals surface area (Å²) in [6.45, 7) is 0. The van der Waals surface area contributed by atoms with Gasteiger partial charge in [-0.25, -0.2) is 5.43 Å². The smallest absolute Gasteiger partial charge is 0.329 e. The van der Waals surface area contributed by atoms with E-state index in [9.17, 15) is 14.7 Å². The molecule has 8 nitrogen and oxygen atoms in total. The number of hydrogen-bond acceptors (Lipinski definition) is 6. The van der Waals surface area contributed by atoms with Crippen LogP contribution in [0.15, 0.2) is 46.0 Å². The Labute approximate surface area is 157 Å². The molecule has 9 heteroatoms. The number of benzene rings is 2. The lowest BCUT2D eigenvalue weighted by atomic mass is 10.2. The third-order valence-electron chi connectivity index (χ3n) is 3.21. The number of halogens is 1. The lowest BCUT2D eigenvalue weighted by Gasteiger charge is -2.08. The molecule has 0 radical (unpaired) electrons. The van der Waals surface area contributed by atoms with Gasteiger partial charge in [0.25, 0.3) is 0 Å². The summed E-state index contributed by atoms with van der Waals surface area (Å²) in [4.78, 5) is 23.7. The molecular formula is C17H16BrN3O5. The fraction of sp³-hybridized carbons (Fsp3) is 0.118. The molecule has 0 aliphatic carbocycles. The van der Waals surface area contributed by atoms with E-state index in [-0.39, 0.29) is 11.5 Å². The van der Waals surface area contributed by atoms with Crippen LogP contribution in [0.1, 0.15) is 5.56 Å². The highest BCUT2D eigenvalue weighted by Gasteiger charge is 2.15. The van der Waals surface area contributed by atoms with E-state index in [1.54, 1.807) is 30.3 Å². The molecule has 2 rings (SSSR count). The van der Waals surface area contributed by atoms with Crippen LogP contribution in [-0.4, -0.2) is 37.4 Å². The highest BCUT2D eigenvalue weighted by atomic mass is 79.9. The van der Waals surface area contributed by atoms with Gasteiger partial charge < -0.3 is 19.9 Å². The minimum atomic E-state index is -0.947. The van der Waals surface area contributed by atoms with Gasteiger partial charge in [0.1, 0.15) is 5.75 Å². The summed E-state index contributed by atoms with van der Waals surface area (Å²) >= 11 is 3.18. The maximum absolute atomic E-state index is 11.9. The zero-order valence-corrected chi connectivity index (χ0v) is 15.5. The van der Waals surface area contributed by atoms with Gasteiger partial charge in [-0.2, -0.15) is 5.10 Å². The number of aromatic hydroxyl groups is 1. The Morgan fingerprint density at radius 2 is 1.81 bits per heavy atom. The molecule has 0 atom stereocenters. The molecule has 0 saturated heterocycles. The molecule has 2 aromatic carbocycles. The molecule has 0 aromatic heterocycles. The van der Waals surface area contributed by atoms with E-state index in [4.69, 9.17) is 9.47 Å². The molecular weight excluding hydrogens is 406 g/mol. The zero-order valence-electron chi connectivity index (χ0n) is 13.9. The van der Waals surface area contributed by atoms with Gasteiger partial charge in [-0.1, -0.05) is 12.1 Å². The lowest BCUT2D eigenvalue weighted by Crippen LogP contribution is -2.32. The van der Waals surface area contributed by atoms with Crippen molar-refractivity contribution in [1.29, 1.82) is 0 Å². The molecule has 2 aromatic rings. The summed E-state index contributed by atoms with van der Waals surface area (Å²) < 4.78 is 10.5. The summed E-state index contributed by atoms with van der Waals surface area (Å²) in [5, 5.41) is 15.9. The quantitative estimate of drug-likeness (QED) is 0.389. The summed E-state index contributed by atoms with van der Waals surface area (Å²) in [5.74, 6) is -1.22. The predicted molar refractivity (Wildman–Crippen MR) is 99.7 cm³/mol. The number of phenols is 1. The zero-order chi connectivity index (χ0) is 19.1. The van der Waals surface area contributed by atoms with E-state index in [0.29, 0.717) is 21.5 Å². The molecule has 0 spiro atoms. The second kappa shape index (κ2) is 8.86. The van der Waals surface area contributed by atoms with Crippen LogP contribution in [0, 0.1) is 0 Å². The molecule has 0 bridgehead atoms. The van der Waals surface area contributed by atoms with Crippen LogP contribution in [-0.2, 0) is 9.59 Å². The number of amides is 2. The molecule has 0 aliphatic rings. The van der Waals surface area contributed by atoms with Crippen molar-refractivity contribution in [3.63, 3.8) is 0 Å². The van der Waals surface area contributed by atoms with Crippen molar-refractivity contribution in [3.05, 3.63) is 46.4 Å². The molecule has 0 fully saturated rings. The van der Waals surface area contributed by atoms with E-state index in [0.717, 1.165) is 0 Å². The van der Waals surface area contributed by atoms with Gasteiger partial charge in [0, 0.05) is 0 Å². The highest BCUT2D eigenvalue weighted by Crippen LogP contribution is 2.34. The minimum absolute atomic E-state index is 0.0510. The number of phenolic OH excluding ortho intramolecular Hbond substituents is 1. The summed E-state index contributed by atoms with van der Waals surface area (Å²) in [5.41, 5.74) is 3.03. The number of nitrogens with zero attached hydrogens (tertiary/aromatic N) is 1. The fourth-order valence-corrected chi connectivity index (χ4v) is 2.43. The van der Waals surface area contributed by atoms with Gasteiger partial charge in [0.2, 0.25) is 0 Å². The number of para-hydroxylation sites is 2. The number of carbonyl (C=O) groups excluding carboxylic acids is 2. The number of anilines is 1. The standard InChI is InChI=1S/C17H16BrN3O5/c1-25-13-6-4-3-5-12(13)20-16(23)17(24)21-19-9-10-7-11(18)15(22)14(8-10)26-2/h3-9,22H,1-2H3,(H,20,23)(H,21,24)/b19-9+. The number of nitrogens with one attached hydrogen (secondary N) is 2. The first kappa shape index (κ1) is 19.3. The molecule has 3 N–H and O–H groups in total. The van der Waals surface area contributed by atoms with Crippen LogP contribution in [0.3, 0.4) is 0 Å². The summed E-state index contributed by atoms with van der Waals surface area (Å²) in [6, 6.07) is 9.79. The average Bonchev–Trinajstić information content (AvgIpc) is 2.64. The van der Waals surface area contributed by atoms with Crippen molar-refractivity contribution >= 4 is 39.6 Å². The third-order valence-corrected chi connectivity index (χ3v) is 3.82. The van der Waals surface area contributed by atoms with Crippen LogP contribution >= 0.6 is 15.9 Å². The Kier molecular flexibility index (Phi) is 6.56.